The van der Waals surface area contributed by atoms with Gasteiger partial charge in [-0.3, -0.25) is 19.7 Å². The molecular weight excluding hydrogens is 362 g/mol. The zero-order valence-corrected chi connectivity index (χ0v) is 14.8. The fourth-order valence-corrected chi connectivity index (χ4v) is 2.28. The van der Waals surface area contributed by atoms with E-state index in [2.05, 4.69) is 5.32 Å². The van der Waals surface area contributed by atoms with Crippen LogP contribution in [0.2, 0.25) is 5.02 Å². The minimum atomic E-state index is -0.579. The number of carbonyl (C=O) groups excluding carboxylic acids is 2. The van der Waals surface area contributed by atoms with E-state index in [1.54, 1.807) is 38.4 Å². The molecule has 0 saturated heterocycles. The first-order chi connectivity index (χ1) is 12.3. The Morgan fingerprint density at radius 1 is 1.23 bits per heavy atom. The Kier molecular flexibility index (Phi) is 6.13. The molecule has 1 N–H and O–H groups in total. The number of nitrogens with one attached hydrogen (secondary N) is 1. The van der Waals surface area contributed by atoms with Crippen LogP contribution >= 0.6 is 11.6 Å². The number of nitro benzene ring substituents is 1. The normalized spacial score (nSPS) is 10.1. The van der Waals surface area contributed by atoms with Crippen LogP contribution in [0.25, 0.3) is 0 Å². The number of amides is 2. The summed E-state index contributed by atoms with van der Waals surface area (Å²) in [5.74, 6) is -0.493. The van der Waals surface area contributed by atoms with Gasteiger partial charge in [0.15, 0.2) is 6.61 Å². The maximum absolute atomic E-state index is 12.0. The molecule has 26 heavy (non-hydrogen) atoms. The molecule has 0 heterocycles. The molecule has 0 aliphatic heterocycles. The number of rotatable bonds is 6. The molecule has 0 saturated carbocycles. The summed E-state index contributed by atoms with van der Waals surface area (Å²) in [4.78, 5) is 35.5. The maximum Gasteiger partial charge on any atom is 0.271 e. The van der Waals surface area contributed by atoms with Crippen molar-refractivity contribution in [2.24, 2.45) is 0 Å². The molecule has 0 aromatic heterocycles. The molecule has 8 nitrogen and oxygen atoms in total. The summed E-state index contributed by atoms with van der Waals surface area (Å²) >= 11 is 5.90. The summed E-state index contributed by atoms with van der Waals surface area (Å²) in [6.45, 7) is -0.344. The van der Waals surface area contributed by atoms with Gasteiger partial charge in [-0.05, 0) is 24.3 Å². The fourth-order valence-electron chi connectivity index (χ4n) is 2.05. The number of benzene rings is 2. The maximum atomic E-state index is 12.0. The highest BCUT2D eigenvalue weighted by Gasteiger charge is 2.13. The second-order valence-corrected chi connectivity index (χ2v) is 5.90. The average molecular weight is 378 g/mol. The van der Waals surface area contributed by atoms with E-state index in [-0.39, 0.29) is 29.0 Å². The highest BCUT2D eigenvalue weighted by molar-refractivity contribution is 6.32. The molecule has 0 spiro atoms. The van der Waals surface area contributed by atoms with E-state index in [9.17, 15) is 19.7 Å². The molecular formula is C17H16ClN3O5. The second kappa shape index (κ2) is 8.30. The largest absolute Gasteiger partial charge is 0.482 e. The lowest BCUT2D eigenvalue weighted by Crippen LogP contribution is -2.23. The van der Waals surface area contributed by atoms with E-state index in [0.717, 1.165) is 6.07 Å². The monoisotopic (exact) mass is 377 g/mol. The number of carbonyl (C=O) groups is 2. The lowest BCUT2D eigenvalue weighted by atomic mass is 10.2. The molecule has 2 amide bonds. The van der Waals surface area contributed by atoms with E-state index in [4.69, 9.17) is 16.3 Å². The average Bonchev–Trinajstić information content (AvgIpc) is 2.60. The first-order valence-corrected chi connectivity index (χ1v) is 7.84. The SMILES string of the molecule is CN(C)C(=O)c1cccc(NC(=O)COc2ccc([N+](=O)[O-])cc2Cl)c1. The number of nitrogens with zero attached hydrogens (tertiary/aromatic N) is 2. The minimum absolute atomic E-state index is 0.0329. The number of hydrogen-bond acceptors (Lipinski definition) is 5. The van der Waals surface area contributed by atoms with Crippen LogP contribution in [0, 0.1) is 10.1 Å². The van der Waals surface area contributed by atoms with E-state index < -0.39 is 10.8 Å². The molecule has 0 unspecified atom stereocenters. The van der Waals surface area contributed by atoms with Gasteiger partial charge in [0, 0.05) is 37.5 Å². The van der Waals surface area contributed by atoms with Gasteiger partial charge in [-0.25, -0.2) is 0 Å². The Hall–Kier alpha value is -3.13. The van der Waals surface area contributed by atoms with Crippen molar-refractivity contribution >= 4 is 34.8 Å². The van der Waals surface area contributed by atoms with Crippen molar-refractivity contribution in [1.82, 2.24) is 4.90 Å². The van der Waals surface area contributed by atoms with Crippen molar-refractivity contribution in [2.45, 2.75) is 0 Å². The van der Waals surface area contributed by atoms with Crippen molar-refractivity contribution in [3.63, 3.8) is 0 Å². The van der Waals surface area contributed by atoms with Crippen molar-refractivity contribution in [2.75, 3.05) is 26.0 Å². The number of hydrogen-bond donors (Lipinski definition) is 1. The predicted octanol–water partition coefficient (Wildman–Crippen LogP) is 2.97. The number of nitro groups is 1. The Morgan fingerprint density at radius 3 is 2.58 bits per heavy atom. The third-order valence-corrected chi connectivity index (χ3v) is 3.58. The van der Waals surface area contributed by atoms with E-state index in [0.29, 0.717) is 11.3 Å². The molecule has 136 valence electrons. The van der Waals surface area contributed by atoms with E-state index in [1.165, 1.54) is 17.0 Å². The summed E-state index contributed by atoms with van der Waals surface area (Å²) in [6.07, 6.45) is 0. The zero-order valence-electron chi connectivity index (χ0n) is 14.1. The molecule has 9 heteroatoms. The topological polar surface area (TPSA) is 102 Å². The van der Waals surface area contributed by atoms with Crippen LogP contribution in [0.3, 0.4) is 0 Å². The Morgan fingerprint density at radius 2 is 1.96 bits per heavy atom. The quantitative estimate of drug-likeness (QED) is 0.616. The first-order valence-electron chi connectivity index (χ1n) is 7.46. The Balaban J connectivity index is 1.98. The van der Waals surface area contributed by atoms with Gasteiger partial charge < -0.3 is 15.0 Å². The van der Waals surface area contributed by atoms with Gasteiger partial charge in [0.05, 0.1) is 9.95 Å². The van der Waals surface area contributed by atoms with Crippen LogP contribution in [0.5, 0.6) is 5.75 Å². The lowest BCUT2D eigenvalue weighted by Gasteiger charge is -2.12. The zero-order chi connectivity index (χ0) is 19.3. The smallest absolute Gasteiger partial charge is 0.271 e. The van der Waals surface area contributed by atoms with Crippen LogP contribution in [-0.4, -0.2) is 42.3 Å². The van der Waals surface area contributed by atoms with Crippen LogP contribution in [0.4, 0.5) is 11.4 Å². The molecule has 2 rings (SSSR count). The van der Waals surface area contributed by atoms with Crippen molar-refractivity contribution < 1.29 is 19.2 Å². The first kappa shape index (κ1) is 19.2. The molecule has 2 aromatic carbocycles. The molecule has 0 atom stereocenters. The summed E-state index contributed by atoms with van der Waals surface area (Å²) in [5.41, 5.74) is 0.711. The van der Waals surface area contributed by atoms with Gasteiger partial charge in [0.25, 0.3) is 17.5 Å². The third-order valence-electron chi connectivity index (χ3n) is 3.28. The highest BCUT2D eigenvalue weighted by atomic mass is 35.5. The fraction of sp³-hybridized carbons (Fsp3) is 0.176. The third kappa shape index (κ3) is 4.93. The van der Waals surface area contributed by atoms with Crippen LogP contribution in [0.1, 0.15) is 10.4 Å². The minimum Gasteiger partial charge on any atom is -0.482 e. The standard InChI is InChI=1S/C17H16ClN3O5/c1-20(2)17(23)11-4-3-5-12(8-11)19-16(22)10-26-15-7-6-13(21(24)25)9-14(15)18/h3-9H,10H2,1-2H3,(H,19,22). The summed E-state index contributed by atoms with van der Waals surface area (Å²) in [7, 11) is 3.27. The predicted molar refractivity (Wildman–Crippen MR) is 96.7 cm³/mol. The van der Waals surface area contributed by atoms with Crippen molar-refractivity contribution in [3.05, 3.63) is 63.2 Å². The number of halogens is 1. The summed E-state index contributed by atoms with van der Waals surface area (Å²) in [6, 6.07) is 10.2. The van der Waals surface area contributed by atoms with E-state index >= 15 is 0 Å². The lowest BCUT2D eigenvalue weighted by molar-refractivity contribution is -0.384. The Bertz CT molecular complexity index is 854. The summed E-state index contributed by atoms with van der Waals surface area (Å²) in [5, 5.41) is 13.3. The van der Waals surface area contributed by atoms with Crippen LogP contribution in [0.15, 0.2) is 42.5 Å². The van der Waals surface area contributed by atoms with Gasteiger partial charge in [0.2, 0.25) is 0 Å². The Labute approximate surface area is 154 Å². The summed E-state index contributed by atoms with van der Waals surface area (Å²) < 4.78 is 5.28. The molecule has 0 aliphatic carbocycles. The highest BCUT2D eigenvalue weighted by Crippen LogP contribution is 2.28. The van der Waals surface area contributed by atoms with Gasteiger partial charge in [-0.1, -0.05) is 17.7 Å². The van der Waals surface area contributed by atoms with Crippen LogP contribution < -0.4 is 10.1 Å². The second-order valence-electron chi connectivity index (χ2n) is 5.49. The molecule has 0 fully saturated rings. The molecule has 0 aliphatic rings. The number of anilines is 1. The van der Waals surface area contributed by atoms with Gasteiger partial charge in [-0.15, -0.1) is 0 Å². The molecule has 0 radical (unpaired) electrons. The van der Waals surface area contributed by atoms with E-state index in [1.807, 2.05) is 0 Å². The molecule has 2 aromatic rings. The van der Waals surface area contributed by atoms with Gasteiger partial charge >= 0.3 is 0 Å². The number of ether oxygens (including phenoxy) is 1. The molecule has 0 bridgehead atoms. The van der Waals surface area contributed by atoms with Crippen molar-refractivity contribution in [3.8, 4) is 5.75 Å². The van der Waals surface area contributed by atoms with Crippen LogP contribution in [-0.2, 0) is 4.79 Å². The van der Waals surface area contributed by atoms with Crippen molar-refractivity contribution in [1.29, 1.82) is 0 Å². The van der Waals surface area contributed by atoms with Gasteiger partial charge in [0.1, 0.15) is 5.75 Å². The number of non-ortho nitro benzene ring substituents is 1. The van der Waals surface area contributed by atoms with Gasteiger partial charge in [-0.2, -0.15) is 0 Å².